The summed E-state index contributed by atoms with van der Waals surface area (Å²) in [6.07, 6.45) is 6.42. The highest BCUT2D eigenvalue weighted by atomic mass is 16.6. The lowest BCUT2D eigenvalue weighted by molar-refractivity contribution is -0.181. The fourth-order valence-corrected chi connectivity index (χ4v) is 3.38. The van der Waals surface area contributed by atoms with Crippen LogP contribution >= 0.6 is 0 Å². The lowest BCUT2D eigenvalue weighted by Crippen LogP contribution is -2.51. The lowest BCUT2D eigenvalue weighted by Gasteiger charge is -2.45. The number of carbonyl (C=O) groups excluding carboxylic acids is 1. The molecule has 112 valence electrons. The number of carbonyl (C=O) groups is 1. The van der Waals surface area contributed by atoms with Gasteiger partial charge in [0.1, 0.15) is 12.2 Å². The van der Waals surface area contributed by atoms with E-state index >= 15 is 0 Å². The topological polar surface area (TPSA) is 35.5 Å². The zero-order valence-corrected chi connectivity index (χ0v) is 13.2. The normalized spacial score (nSPS) is 36.6. The molecule has 0 radical (unpaired) electrons. The summed E-state index contributed by atoms with van der Waals surface area (Å²) < 4.78 is 11.8. The van der Waals surface area contributed by atoms with E-state index in [0.29, 0.717) is 11.8 Å². The van der Waals surface area contributed by atoms with Crippen LogP contribution in [0, 0.1) is 11.8 Å². The van der Waals surface area contributed by atoms with Crippen molar-refractivity contribution in [3.8, 4) is 0 Å². The lowest BCUT2D eigenvalue weighted by atomic mass is 9.74. The molecular weight excluding hydrogens is 252 g/mol. The molecule has 20 heavy (non-hydrogen) atoms. The fraction of sp³-hybridized carbons (Fsp3) is 0.706. The molecule has 1 aliphatic heterocycles. The van der Waals surface area contributed by atoms with E-state index in [1.807, 2.05) is 13.8 Å². The third-order valence-electron chi connectivity index (χ3n) is 4.37. The average Bonchev–Trinajstić information content (AvgIpc) is 2.32. The number of fused-ring (bicyclic) bond motifs is 1. The van der Waals surface area contributed by atoms with Gasteiger partial charge in [-0.25, -0.2) is 0 Å². The zero-order valence-electron chi connectivity index (χ0n) is 13.2. The summed E-state index contributed by atoms with van der Waals surface area (Å²) in [6, 6.07) is 0. The Kier molecular flexibility index (Phi) is 4.69. The summed E-state index contributed by atoms with van der Waals surface area (Å²) >= 11 is 0. The van der Waals surface area contributed by atoms with Gasteiger partial charge in [0, 0.05) is 12.8 Å². The van der Waals surface area contributed by atoms with Gasteiger partial charge in [0.15, 0.2) is 0 Å². The van der Waals surface area contributed by atoms with Gasteiger partial charge in [-0.05, 0) is 39.5 Å². The molecule has 0 aromatic carbocycles. The molecule has 0 bridgehead atoms. The van der Waals surface area contributed by atoms with E-state index < -0.39 is 0 Å². The first-order valence-corrected chi connectivity index (χ1v) is 7.53. The summed E-state index contributed by atoms with van der Waals surface area (Å²) in [4.78, 5) is 11.4. The molecule has 3 heteroatoms. The number of esters is 1. The molecule has 0 aromatic rings. The maximum Gasteiger partial charge on any atom is 0.303 e. The highest BCUT2D eigenvalue weighted by Gasteiger charge is 2.44. The number of hydrogen-bond acceptors (Lipinski definition) is 3. The fourth-order valence-electron chi connectivity index (χ4n) is 3.38. The van der Waals surface area contributed by atoms with Crippen LogP contribution in [0.1, 0.15) is 47.5 Å². The minimum atomic E-state index is -0.224. The molecular formula is C17H26O3. The Morgan fingerprint density at radius 3 is 2.70 bits per heavy atom. The second-order valence-electron chi connectivity index (χ2n) is 6.46. The highest BCUT2D eigenvalue weighted by molar-refractivity contribution is 5.66. The van der Waals surface area contributed by atoms with Gasteiger partial charge in [-0.2, -0.15) is 0 Å². The number of allylic oxidation sites excluding steroid dienone is 2. The molecule has 0 unspecified atom stereocenters. The van der Waals surface area contributed by atoms with Crippen LogP contribution in [0.25, 0.3) is 0 Å². The SMILES string of the molecule is CC(=O)O[C@@H]1[C@H](C)[C@H]2CCC(C)=C[C@@H]2O[C@H]1C=C(C)C. The van der Waals surface area contributed by atoms with E-state index in [1.54, 1.807) is 0 Å². The van der Waals surface area contributed by atoms with Crippen LogP contribution < -0.4 is 0 Å². The predicted molar refractivity (Wildman–Crippen MR) is 79.3 cm³/mol. The van der Waals surface area contributed by atoms with Gasteiger partial charge < -0.3 is 9.47 Å². The van der Waals surface area contributed by atoms with Crippen LogP contribution in [-0.4, -0.2) is 24.3 Å². The Balaban J connectivity index is 2.26. The van der Waals surface area contributed by atoms with Gasteiger partial charge in [0.05, 0.1) is 6.10 Å². The van der Waals surface area contributed by atoms with Gasteiger partial charge in [-0.1, -0.05) is 30.2 Å². The Bertz CT molecular complexity index is 432. The standard InChI is InChI=1S/C17H26O3/c1-10(2)8-16-17(19-13(5)18)12(4)14-7-6-11(3)9-15(14)20-16/h8-9,12,14-17H,6-7H2,1-5H3/t12-,14-,15+,16+,17-/m1/s1. The van der Waals surface area contributed by atoms with Crippen molar-refractivity contribution in [2.24, 2.45) is 11.8 Å². The largest absolute Gasteiger partial charge is 0.459 e. The molecule has 0 amide bonds. The van der Waals surface area contributed by atoms with Crippen molar-refractivity contribution in [2.75, 3.05) is 0 Å². The van der Waals surface area contributed by atoms with E-state index in [4.69, 9.17) is 9.47 Å². The van der Waals surface area contributed by atoms with Crippen LogP contribution in [0.2, 0.25) is 0 Å². The molecule has 1 fully saturated rings. The molecule has 2 aliphatic rings. The van der Waals surface area contributed by atoms with Crippen LogP contribution in [0.4, 0.5) is 0 Å². The second-order valence-corrected chi connectivity index (χ2v) is 6.46. The van der Waals surface area contributed by atoms with Crippen LogP contribution in [0.5, 0.6) is 0 Å². The first-order valence-electron chi connectivity index (χ1n) is 7.53. The monoisotopic (exact) mass is 278 g/mol. The Hall–Kier alpha value is -1.09. The third kappa shape index (κ3) is 3.32. The molecule has 3 nitrogen and oxygen atoms in total. The van der Waals surface area contributed by atoms with Crippen molar-refractivity contribution < 1.29 is 14.3 Å². The maximum atomic E-state index is 11.4. The van der Waals surface area contributed by atoms with Gasteiger partial charge in [0.2, 0.25) is 0 Å². The van der Waals surface area contributed by atoms with E-state index in [1.165, 1.54) is 18.1 Å². The number of rotatable bonds is 2. The van der Waals surface area contributed by atoms with Crippen molar-refractivity contribution in [3.05, 3.63) is 23.3 Å². The smallest absolute Gasteiger partial charge is 0.303 e. The molecule has 0 spiro atoms. The molecule has 0 saturated carbocycles. The minimum Gasteiger partial charge on any atom is -0.459 e. The summed E-state index contributed by atoms with van der Waals surface area (Å²) in [5, 5.41) is 0. The molecule has 0 aromatic heterocycles. The van der Waals surface area contributed by atoms with Crippen molar-refractivity contribution in [1.29, 1.82) is 0 Å². The van der Waals surface area contributed by atoms with Crippen molar-refractivity contribution in [1.82, 2.24) is 0 Å². The molecule has 0 N–H and O–H groups in total. The van der Waals surface area contributed by atoms with Crippen molar-refractivity contribution in [3.63, 3.8) is 0 Å². The van der Waals surface area contributed by atoms with Gasteiger partial charge in [-0.3, -0.25) is 4.79 Å². The van der Waals surface area contributed by atoms with Gasteiger partial charge >= 0.3 is 5.97 Å². The van der Waals surface area contributed by atoms with Crippen LogP contribution in [0.3, 0.4) is 0 Å². The van der Waals surface area contributed by atoms with Crippen molar-refractivity contribution >= 4 is 5.97 Å². The maximum absolute atomic E-state index is 11.4. The van der Waals surface area contributed by atoms with Crippen molar-refractivity contribution in [2.45, 2.75) is 65.8 Å². The average molecular weight is 278 g/mol. The van der Waals surface area contributed by atoms with E-state index in [0.717, 1.165) is 12.8 Å². The summed E-state index contributed by atoms with van der Waals surface area (Å²) in [5.74, 6) is 0.547. The summed E-state index contributed by atoms with van der Waals surface area (Å²) in [5.41, 5.74) is 2.59. The zero-order chi connectivity index (χ0) is 14.9. The molecule has 1 heterocycles. The van der Waals surface area contributed by atoms with Crippen LogP contribution in [0.15, 0.2) is 23.3 Å². The van der Waals surface area contributed by atoms with Gasteiger partial charge in [-0.15, -0.1) is 0 Å². The van der Waals surface area contributed by atoms with E-state index in [-0.39, 0.29) is 24.3 Å². The predicted octanol–water partition coefficient (Wildman–Crippen LogP) is 3.64. The minimum absolute atomic E-state index is 0.137. The summed E-state index contributed by atoms with van der Waals surface area (Å²) in [7, 11) is 0. The van der Waals surface area contributed by atoms with E-state index in [2.05, 4.69) is 26.0 Å². The first-order chi connectivity index (χ1) is 9.38. The Morgan fingerprint density at radius 2 is 2.10 bits per heavy atom. The Labute approximate surface area is 122 Å². The summed E-state index contributed by atoms with van der Waals surface area (Å²) in [6.45, 7) is 9.93. The van der Waals surface area contributed by atoms with Crippen LogP contribution in [-0.2, 0) is 14.3 Å². The molecule has 2 rings (SSSR count). The first kappa shape index (κ1) is 15.3. The quantitative estimate of drug-likeness (QED) is 0.571. The number of hydrogen-bond donors (Lipinski definition) is 0. The van der Waals surface area contributed by atoms with Gasteiger partial charge in [0.25, 0.3) is 0 Å². The molecule has 1 saturated heterocycles. The highest BCUT2D eigenvalue weighted by Crippen LogP contribution is 2.40. The molecule has 5 atom stereocenters. The second kappa shape index (κ2) is 6.13. The number of ether oxygens (including phenoxy) is 2. The molecule has 1 aliphatic carbocycles. The van der Waals surface area contributed by atoms with E-state index in [9.17, 15) is 4.79 Å². The third-order valence-corrected chi connectivity index (χ3v) is 4.37. The Morgan fingerprint density at radius 1 is 1.40 bits per heavy atom.